The Hall–Kier alpha value is -1.40. The third kappa shape index (κ3) is 1.81. The quantitative estimate of drug-likeness (QED) is 0.857. The van der Waals surface area contributed by atoms with Crippen molar-refractivity contribution in [1.29, 1.82) is 0 Å². The Morgan fingerprint density at radius 1 is 1.50 bits per heavy atom. The molecule has 0 aliphatic carbocycles. The van der Waals surface area contributed by atoms with Crippen molar-refractivity contribution < 1.29 is 0 Å². The zero-order chi connectivity index (χ0) is 12.7. The molecule has 1 saturated heterocycles. The smallest absolute Gasteiger partial charge is 0.222 e. The average molecular weight is 263 g/mol. The van der Waals surface area contributed by atoms with E-state index in [-0.39, 0.29) is 0 Å². The number of nitrogens with one attached hydrogen (secondary N) is 1. The highest BCUT2D eigenvalue weighted by atomic mass is 32.1. The van der Waals surface area contributed by atoms with E-state index in [1.54, 1.807) is 11.3 Å². The summed E-state index contributed by atoms with van der Waals surface area (Å²) >= 11 is 1.70. The van der Waals surface area contributed by atoms with Crippen molar-refractivity contribution >= 4 is 33.3 Å². The summed E-state index contributed by atoms with van der Waals surface area (Å²) in [4.78, 5) is 11.1. The van der Waals surface area contributed by atoms with Crippen LogP contribution in [0.3, 0.4) is 0 Å². The van der Waals surface area contributed by atoms with E-state index in [1.165, 1.54) is 5.56 Å². The van der Waals surface area contributed by atoms with Crippen molar-refractivity contribution in [2.75, 3.05) is 30.8 Å². The summed E-state index contributed by atoms with van der Waals surface area (Å²) in [7, 11) is 2.01. The minimum atomic E-state index is 0.368. The molecule has 3 heterocycles. The number of hydrogen-bond acceptors (Lipinski definition) is 6. The molecule has 18 heavy (non-hydrogen) atoms. The van der Waals surface area contributed by atoms with E-state index >= 15 is 0 Å². The number of aryl methyl sites for hydroxylation is 1. The number of hydrogen-bond donors (Lipinski definition) is 2. The van der Waals surface area contributed by atoms with E-state index in [0.29, 0.717) is 12.0 Å². The number of nitrogens with two attached hydrogens (primary N) is 1. The normalized spacial score (nSPS) is 19.9. The molecular formula is C12H17N5S. The van der Waals surface area contributed by atoms with Crippen LogP contribution in [0, 0.1) is 6.92 Å². The highest BCUT2D eigenvalue weighted by Gasteiger charge is 2.25. The maximum atomic E-state index is 5.83. The van der Waals surface area contributed by atoms with Crippen molar-refractivity contribution in [3.63, 3.8) is 0 Å². The van der Waals surface area contributed by atoms with Gasteiger partial charge in [-0.15, -0.1) is 11.3 Å². The van der Waals surface area contributed by atoms with Gasteiger partial charge >= 0.3 is 0 Å². The molecule has 96 valence electrons. The maximum absolute atomic E-state index is 5.83. The number of nitrogen functional groups attached to an aromatic ring is 1. The fourth-order valence-electron chi connectivity index (χ4n) is 2.44. The minimum absolute atomic E-state index is 0.368. The first kappa shape index (κ1) is 11.7. The molecule has 0 unspecified atom stereocenters. The Bertz CT molecular complexity index is 579. The van der Waals surface area contributed by atoms with Gasteiger partial charge in [0.15, 0.2) is 5.82 Å². The zero-order valence-electron chi connectivity index (χ0n) is 10.6. The summed E-state index contributed by atoms with van der Waals surface area (Å²) in [5.74, 6) is 1.36. The Morgan fingerprint density at radius 2 is 2.33 bits per heavy atom. The highest BCUT2D eigenvalue weighted by Crippen LogP contribution is 2.33. The molecule has 2 aromatic heterocycles. The van der Waals surface area contributed by atoms with Crippen molar-refractivity contribution in [2.45, 2.75) is 19.4 Å². The van der Waals surface area contributed by atoms with E-state index in [9.17, 15) is 0 Å². The average Bonchev–Trinajstić information content (AvgIpc) is 2.96. The second-order valence-electron chi connectivity index (χ2n) is 4.72. The summed E-state index contributed by atoms with van der Waals surface area (Å²) in [6.45, 7) is 4.07. The Balaban J connectivity index is 2.06. The predicted molar refractivity (Wildman–Crippen MR) is 76.2 cm³/mol. The largest absolute Gasteiger partial charge is 0.368 e. The lowest BCUT2D eigenvalue weighted by Gasteiger charge is -2.18. The number of rotatable bonds is 2. The van der Waals surface area contributed by atoms with Crippen LogP contribution in [0.5, 0.6) is 0 Å². The molecule has 0 radical (unpaired) electrons. The van der Waals surface area contributed by atoms with Crippen molar-refractivity contribution in [2.24, 2.45) is 0 Å². The van der Waals surface area contributed by atoms with Gasteiger partial charge in [0, 0.05) is 19.1 Å². The summed E-state index contributed by atoms with van der Waals surface area (Å²) in [6, 6.07) is 0.539. The van der Waals surface area contributed by atoms with Gasteiger partial charge in [0.05, 0.1) is 10.2 Å². The van der Waals surface area contributed by atoms with Crippen LogP contribution in [-0.4, -0.2) is 36.1 Å². The molecule has 1 aliphatic rings. The first-order valence-electron chi connectivity index (χ1n) is 6.12. The number of aromatic nitrogens is 2. The number of nitrogens with zero attached hydrogens (tertiary/aromatic N) is 3. The number of anilines is 2. The molecule has 0 aromatic carbocycles. The van der Waals surface area contributed by atoms with E-state index < -0.39 is 0 Å². The molecule has 0 bridgehead atoms. The standard InChI is InChI=1S/C12H17N5S/c1-7-6-18-10-9(7)15-12(13)16-11(10)17-4-3-8(5-17)14-2/h6,8,14H,3-5H2,1-2H3,(H2,13,15,16)/t8-/m0/s1. The lowest BCUT2D eigenvalue weighted by molar-refractivity contribution is 0.616. The van der Waals surface area contributed by atoms with Crippen molar-refractivity contribution in [3.8, 4) is 0 Å². The lowest BCUT2D eigenvalue weighted by atomic mass is 10.3. The van der Waals surface area contributed by atoms with Crippen LogP contribution in [-0.2, 0) is 0 Å². The highest BCUT2D eigenvalue weighted by molar-refractivity contribution is 7.18. The summed E-state index contributed by atoms with van der Waals surface area (Å²) in [5.41, 5.74) is 8.00. The molecule has 3 rings (SSSR count). The fourth-order valence-corrected chi connectivity index (χ4v) is 3.44. The lowest BCUT2D eigenvalue weighted by Crippen LogP contribution is -2.30. The van der Waals surface area contributed by atoms with E-state index in [4.69, 9.17) is 5.73 Å². The van der Waals surface area contributed by atoms with E-state index in [2.05, 4.69) is 32.5 Å². The summed E-state index contributed by atoms with van der Waals surface area (Å²) in [5, 5.41) is 5.44. The fraction of sp³-hybridized carbons (Fsp3) is 0.500. The molecule has 1 fully saturated rings. The van der Waals surface area contributed by atoms with Gasteiger partial charge in [0.1, 0.15) is 0 Å². The predicted octanol–water partition coefficient (Wildman–Crippen LogP) is 1.38. The van der Waals surface area contributed by atoms with Crippen LogP contribution in [0.25, 0.3) is 10.2 Å². The van der Waals surface area contributed by atoms with Crippen LogP contribution >= 0.6 is 11.3 Å². The van der Waals surface area contributed by atoms with Gasteiger partial charge in [0.25, 0.3) is 0 Å². The SMILES string of the molecule is CN[C@H]1CCN(c2nc(N)nc3c(C)csc23)C1. The monoisotopic (exact) mass is 263 g/mol. The second-order valence-corrected chi connectivity index (χ2v) is 5.60. The van der Waals surface area contributed by atoms with Crippen molar-refractivity contribution in [1.82, 2.24) is 15.3 Å². The molecule has 0 saturated carbocycles. The maximum Gasteiger partial charge on any atom is 0.222 e. The second kappa shape index (κ2) is 4.37. The molecule has 1 aliphatic heterocycles. The molecule has 1 atom stereocenters. The first-order valence-corrected chi connectivity index (χ1v) is 7.00. The third-order valence-corrected chi connectivity index (χ3v) is 4.57. The van der Waals surface area contributed by atoms with Gasteiger partial charge in [0.2, 0.25) is 5.95 Å². The van der Waals surface area contributed by atoms with Gasteiger partial charge in [-0.2, -0.15) is 4.98 Å². The van der Waals surface area contributed by atoms with Crippen LogP contribution in [0.1, 0.15) is 12.0 Å². The van der Waals surface area contributed by atoms with Crippen LogP contribution < -0.4 is 16.0 Å². The molecule has 0 spiro atoms. The number of fused-ring (bicyclic) bond motifs is 1. The van der Waals surface area contributed by atoms with Crippen LogP contribution in [0.15, 0.2) is 5.38 Å². The van der Waals surface area contributed by atoms with E-state index in [1.807, 2.05) is 7.05 Å². The Morgan fingerprint density at radius 3 is 3.06 bits per heavy atom. The molecule has 5 nitrogen and oxygen atoms in total. The zero-order valence-corrected chi connectivity index (χ0v) is 11.4. The number of likely N-dealkylation sites (N-methyl/N-ethyl adjacent to an activating group) is 1. The molecular weight excluding hydrogens is 246 g/mol. The Kier molecular flexibility index (Phi) is 2.83. The van der Waals surface area contributed by atoms with Gasteiger partial charge in [-0.1, -0.05) is 0 Å². The van der Waals surface area contributed by atoms with Crippen LogP contribution in [0.4, 0.5) is 11.8 Å². The molecule has 6 heteroatoms. The van der Waals surface area contributed by atoms with Gasteiger partial charge in [-0.05, 0) is 31.3 Å². The number of thiophene rings is 1. The summed E-state index contributed by atoms with van der Waals surface area (Å²) in [6.07, 6.45) is 1.15. The third-order valence-electron chi connectivity index (χ3n) is 3.49. The minimum Gasteiger partial charge on any atom is -0.368 e. The summed E-state index contributed by atoms with van der Waals surface area (Å²) < 4.78 is 1.15. The van der Waals surface area contributed by atoms with Crippen LogP contribution in [0.2, 0.25) is 0 Å². The van der Waals surface area contributed by atoms with Gasteiger partial charge in [-0.3, -0.25) is 0 Å². The molecule has 3 N–H and O–H groups in total. The van der Waals surface area contributed by atoms with E-state index in [0.717, 1.165) is 35.5 Å². The first-order chi connectivity index (χ1) is 8.69. The molecule has 0 amide bonds. The Labute approximate surface area is 110 Å². The van der Waals surface area contributed by atoms with Crippen molar-refractivity contribution in [3.05, 3.63) is 10.9 Å². The van der Waals surface area contributed by atoms with Gasteiger partial charge in [-0.25, -0.2) is 4.98 Å². The van der Waals surface area contributed by atoms with Gasteiger partial charge < -0.3 is 16.0 Å². The topological polar surface area (TPSA) is 67.1 Å². The molecule has 2 aromatic rings.